The van der Waals surface area contributed by atoms with Gasteiger partial charge in [0.15, 0.2) is 0 Å². The van der Waals surface area contributed by atoms with Crippen LogP contribution in [0.4, 0.5) is 0 Å². The van der Waals surface area contributed by atoms with Crippen LogP contribution in [0, 0.1) is 0 Å². The van der Waals surface area contributed by atoms with Crippen molar-refractivity contribution in [2.45, 2.75) is 18.2 Å². The molecule has 1 heterocycles. The Morgan fingerprint density at radius 1 is 1.56 bits per heavy atom. The number of nitrogens with zero attached hydrogens (tertiary/aromatic N) is 1. The monoisotopic (exact) mass is 245 g/mol. The highest BCUT2D eigenvalue weighted by Crippen LogP contribution is 2.12. The molecule has 16 heavy (non-hydrogen) atoms. The van der Waals surface area contributed by atoms with Gasteiger partial charge in [0.05, 0.1) is 0 Å². The third-order valence-electron chi connectivity index (χ3n) is 2.08. The molecule has 1 aromatic rings. The Kier molecular flexibility index (Phi) is 3.71. The average molecular weight is 245 g/mol. The lowest BCUT2D eigenvalue weighted by Crippen LogP contribution is -2.24. The average Bonchev–Trinajstić information content (AvgIpc) is 2.58. The van der Waals surface area contributed by atoms with Crippen molar-refractivity contribution in [3.63, 3.8) is 0 Å². The van der Waals surface area contributed by atoms with Crippen molar-refractivity contribution in [1.82, 2.24) is 9.29 Å². The zero-order chi connectivity index (χ0) is 12.3. The second-order valence-electron chi connectivity index (χ2n) is 3.43. The van der Waals surface area contributed by atoms with Crippen LogP contribution in [0.25, 0.3) is 0 Å². The normalized spacial score (nSPS) is 11.6. The number of hydrogen-bond acceptors (Lipinski definition) is 3. The Balaban J connectivity index is 3.06. The fraction of sp³-hybridized carbons (Fsp3) is 0.444. The molecule has 0 saturated carbocycles. The van der Waals surface area contributed by atoms with Crippen LogP contribution in [0.15, 0.2) is 17.2 Å². The lowest BCUT2D eigenvalue weighted by molar-refractivity contribution is 0.0992. The highest BCUT2D eigenvalue weighted by Gasteiger charge is 2.18. The maximum Gasteiger partial charge on any atom is 0.265 e. The Labute approximate surface area is 94.5 Å². The van der Waals surface area contributed by atoms with Crippen LogP contribution in [0.1, 0.15) is 23.8 Å². The minimum absolute atomic E-state index is 0.0530. The Hall–Kier alpha value is -1.34. The quantitative estimate of drug-likeness (QED) is 0.753. The summed E-state index contributed by atoms with van der Waals surface area (Å²) >= 11 is 0. The summed E-state index contributed by atoms with van der Waals surface area (Å²) in [5, 5.41) is 0. The molecule has 0 aliphatic heterocycles. The zero-order valence-corrected chi connectivity index (χ0v) is 10.0. The molecular formula is C9H15N3O3S. The molecule has 0 bridgehead atoms. The van der Waals surface area contributed by atoms with Crippen LogP contribution in [0.5, 0.6) is 0 Å². The maximum absolute atomic E-state index is 11.7. The van der Waals surface area contributed by atoms with Crippen molar-refractivity contribution in [2.24, 2.45) is 12.8 Å². The largest absolute Gasteiger partial charge is 0.364 e. The number of nitrogens with one attached hydrogen (secondary N) is 1. The van der Waals surface area contributed by atoms with E-state index >= 15 is 0 Å². The number of aromatic nitrogens is 1. The Morgan fingerprint density at radius 3 is 2.62 bits per heavy atom. The molecule has 1 aromatic heterocycles. The van der Waals surface area contributed by atoms with Gasteiger partial charge in [0.1, 0.15) is 10.6 Å². The van der Waals surface area contributed by atoms with Gasteiger partial charge in [-0.15, -0.1) is 0 Å². The molecule has 0 aliphatic rings. The lowest BCUT2D eigenvalue weighted by Gasteiger charge is -2.01. The number of primary amides is 1. The van der Waals surface area contributed by atoms with Crippen molar-refractivity contribution in [2.75, 3.05) is 6.54 Å². The van der Waals surface area contributed by atoms with Gasteiger partial charge in [-0.3, -0.25) is 4.79 Å². The molecule has 6 nitrogen and oxygen atoms in total. The fourth-order valence-corrected chi connectivity index (χ4v) is 2.45. The van der Waals surface area contributed by atoms with E-state index < -0.39 is 15.9 Å². The van der Waals surface area contributed by atoms with Gasteiger partial charge in [0, 0.05) is 19.8 Å². The number of sulfonamides is 1. The number of hydrogen-bond donors (Lipinski definition) is 2. The van der Waals surface area contributed by atoms with Gasteiger partial charge < -0.3 is 10.3 Å². The molecule has 0 aliphatic carbocycles. The fourth-order valence-electron chi connectivity index (χ4n) is 1.25. The summed E-state index contributed by atoms with van der Waals surface area (Å²) in [5.74, 6) is -0.653. The summed E-state index contributed by atoms with van der Waals surface area (Å²) < 4.78 is 27.2. The smallest absolute Gasteiger partial charge is 0.265 e. The number of rotatable bonds is 5. The molecule has 0 fully saturated rings. The van der Waals surface area contributed by atoms with Crippen LogP contribution in [0.2, 0.25) is 0 Å². The first-order valence-electron chi connectivity index (χ1n) is 4.84. The first kappa shape index (κ1) is 12.7. The molecule has 1 rings (SSSR count). The van der Waals surface area contributed by atoms with Crippen LogP contribution >= 0.6 is 0 Å². The molecule has 0 radical (unpaired) electrons. The van der Waals surface area contributed by atoms with E-state index in [9.17, 15) is 13.2 Å². The van der Waals surface area contributed by atoms with Crippen molar-refractivity contribution >= 4 is 15.9 Å². The van der Waals surface area contributed by atoms with Crippen molar-refractivity contribution in [3.05, 3.63) is 18.0 Å². The Morgan fingerprint density at radius 2 is 2.19 bits per heavy atom. The molecule has 0 saturated heterocycles. The van der Waals surface area contributed by atoms with Gasteiger partial charge >= 0.3 is 0 Å². The van der Waals surface area contributed by atoms with E-state index in [-0.39, 0.29) is 10.6 Å². The van der Waals surface area contributed by atoms with Crippen LogP contribution in [-0.2, 0) is 17.1 Å². The summed E-state index contributed by atoms with van der Waals surface area (Å²) in [7, 11) is -1.97. The van der Waals surface area contributed by atoms with Crippen molar-refractivity contribution in [3.8, 4) is 0 Å². The third-order valence-corrected chi connectivity index (χ3v) is 3.51. The number of aryl methyl sites for hydroxylation is 1. The van der Waals surface area contributed by atoms with Gasteiger partial charge in [-0.2, -0.15) is 0 Å². The summed E-state index contributed by atoms with van der Waals surface area (Å²) in [6.45, 7) is 2.23. The molecule has 7 heteroatoms. The number of nitrogens with two attached hydrogens (primary N) is 1. The van der Waals surface area contributed by atoms with Crippen molar-refractivity contribution < 1.29 is 13.2 Å². The topological polar surface area (TPSA) is 94.2 Å². The van der Waals surface area contributed by atoms with Crippen LogP contribution in [-0.4, -0.2) is 25.4 Å². The van der Waals surface area contributed by atoms with Gasteiger partial charge in [0.2, 0.25) is 10.0 Å². The predicted molar refractivity (Wildman–Crippen MR) is 59.4 cm³/mol. The van der Waals surface area contributed by atoms with Crippen LogP contribution in [0.3, 0.4) is 0 Å². The maximum atomic E-state index is 11.7. The number of carbonyl (C=O) groups is 1. The number of carbonyl (C=O) groups excluding carboxylic acids is 1. The minimum Gasteiger partial charge on any atom is -0.364 e. The van der Waals surface area contributed by atoms with Gasteiger partial charge in [-0.1, -0.05) is 6.92 Å². The van der Waals surface area contributed by atoms with Gasteiger partial charge in [-0.25, -0.2) is 13.1 Å². The summed E-state index contributed by atoms with van der Waals surface area (Å²) in [6.07, 6.45) is 2.06. The third kappa shape index (κ3) is 2.61. The van der Waals surface area contributed by atoms with Gasteiger partial charge in [0.25, 0.3) is 5.91 Å². The van der Waals surface area contributed by atoms with E-state index in [0.717, 1.165) is 0 Å². The second-order valence-corrected chi connectivity index (χ2v) is 5.20. The first-order valence-corrected chi connectivity index (χ1v) is 6.32. The summed E-state index contributed by atoms with van der Waals surface area (Å²) in [5.41, 5.74) is 5.26. The van der Waals surface area contributed by atoms with E-state index in [0.29, 0.717) is 13.0 Å². The minimum atomic E-state index is -3.54. The molecule has 1 amide bonds. The molecule has 3 N–H and O–H groups in total. The SMILES string of the molecule is CCCNS(=O)(=O)c1cc(C(N)=O)n(C)c1. The Bertz CT molecular complexity index is 490. The molecule has 0 spiro atoms. The highest BCUT2D eigenvalue weighted by atomic mass is 32.2. The lowest BCUT2D eigenvalue weighted by atomic mass is 10.4. The molecule has 0 atom stereocenters. The molecule has 0 unspecified atom stereocenters. The van der Waals surface area contributed by atoms with E-state index in [4.69, 9.17) is 5.73 Å². The highest BCUT2D eigenvalue weighted by molar-refractivity contribution is 7.89. The van der Waals surface area contributed by atoms with Crippen molar-refractivity contribution in [1.29, 1.82) is 0 Å². The van der Waals surface area contributed by atoms with E-state index in [1.54, 1.807) is 7.05 Å². The molecule has 90 valence electrons. The molecule has 0 aromatic carbocycles. The van der Waals surface area contributed by atoms with E-state index in [1.165, 1.54) is 16.8 Å². The predicted octanol–water partition coefficient (Wildman–Crippen LogP) is -0.188. The zero-order valence-electron chi connectivity index (χ0n) is 9.23. The molecular weight excluding hydrogens is 230 g/mol. The van der Waals surface area contributed by atoms with Crippen LogP contribution < -0.4 is 10.5 Å². The van der Waals surface area contributed by atoms with E-state index in [2.05, 4.69) is 4.72 Å². The summed E-state index contributed by atoms with van der Waals surface area (Å²) in [4.78, 5) is 11.0. The standard InChI is InChI=1S/C9H15N3O3S/c1-3-4-11-16(14,15)7-5-8(9(10)13)12(2)6-7/h5-6,11H,3-4H2,1-2H3,(H2,10,13). The van der Waals surface area contributed by atoms with E-state index in [1.807, 2.05) is 6.92 Å². The summed E-state index contributed by atoms with van der Waals surface area (Å²) in [6, 6.07) is 1.26. The second kappa shape index (κ2) is 4.67. The van der Waals surface area contributed by atoms with Gasteiger partial charge in [-0.05, 0) is 12.5 Å². The first-order chi connectivity index (χ1) is 7.38. The number of amides is 1.